The molecule has 1 aromatic heterocycles. The van der Waals surface area contributed by atoms with Crippen LogP contribution in [-0.4, -0.2) is 46.5 Å². The molecule has 1 saturated heterocycles. The predicted molar refractivity (Wildman–Crippen MR) is 70.4 cm³/mol. The number of likely N-dealkylation sites (tertiary alicyclic amines) is 1. The third-order valence-electron chi connectivity index (χ3n) is 3.41. The second-order valence-corrected chi connectivity index (χ2v) is 4.87. The Morgan fingerprint density at radius 3 is 2.83 bits per heavy atom. The van der Waals surface area contributed by atoms with Gasteiger partial charge in [-0.1, -0.05) is 0 Å². The molecule has 1 N–H and O–H groups in total. The average Bonchev–Trinajstić information content (AvgIpc) is 2.99. The molecular formula is C13H22N4O. The summed E-state index contributed by atoms with van der Waals surface area (Å²) in [5, 5.41) is 2.91. The lowest BCUT2D eigenvalue weighted by atomic mass is 10.3. The first-order chi connectivity index (χ1) is 8.77. The van der Waals surface area contributed by atoms with Crippen LogP contribution in [0.25, 0.3) is 0 Å². The van der Waals surface area contributed by atoms with Crippen molar-refractivity contribution in [2.75, 3.05) is 26.2 Å². The van der Waals surface area contributed by atoms with Crippen LogP contribution in [0.15, 0.2) is 12.4 Å². The standard InChI is InChI=1S/C13H22N4O/c1-16-11-7-14-12(16)13(18)15-6-2-3-8-17-9-4-5-10-17/h7,11H,2-6,8-10H2,1H3,(H,15,18). The van der Waals surface area contributed by atoms with Crippen molar-refractivity contribution in [3.05, 3.63) is 18.2 Å². The highest BCUT2D eigenvalue weighted by atomic mass is 16.2. The van der Waals surface area contributed by atoms with Crippen LogP contribution in [0.5, 0.6) is 0 Å². The molecule has 5 nitrogen and oxygen atoms in total. The summed E-state index contributed by atoms with van der Waals surface area (Å²) in [7, 11) is 1.83. The fourth-order valence-corrected chi connectivity index (χ4v) is 2.33. The van der Waals surface area contributed by atoms with E-state index in [2.05, 4.69) is 15.2 Å². The van der Waals surface area contributed by atoms with Gasteiger partial charge in [-0.3, -0.25) is 4.79 Å². The van der Waals surface area contributed by atoms with Gasteiger partial charge in [0, 0.05) is 26.0 Å². The lowest BCUT2D eigenvalue weighted by Crippen LogP contribution is -2.28. The van der Waals surface area contributed by atoms with Gasteiger partial charge < -0.3 is 14.8 Å². The van der Waals surface area contributed by atoms with Crippen LogP contribution in [0.1, 0.15) is 36.3 Å². The molecule has 5 heteroatoms. The number of rotatable bonds is 6. The molecule has 100 valence electrons. The van der Waals surface area contributed by atoms with E-state index in [4.69, 9.17) is 0 Å². The van der Waals surface area contributed by atoms with Gasteiger partial charge in [0.2, 0.25) is 0 Å². The van der Waals surface area contributed by atoms with E-state index < -0.39 is 0 Å². The summed E-state index contributed by atoms with van der Waals surface area (Å²) in [6, 6.07) is 0. The molecule has 0 aliphatic carbocycles. The number of nitrogens with one attached hydrogen (secondary N) is 1. The van der Waals surface area contributed by atoms with Gasteiger partial charge in [0.15, 0.2) is 5.82 Å². The van der Waals surface area contributed by atoms with Gasteiger partial charge in [0.05, 0.1) is 0 Å². The predicted octanol–water partition coefficient (Wildman–Crippen LogP) is 1.03. The van der Waals surface area contributed by atoms with E-state index in [0.29, 0.717) is 5.82 Å². The molecule has 0 aromatic carbocycles. The van der Waals surface area contributed by atoms with Gasteiger partial charge in [-0.15, -0.1) is 0 Å². The Balaban J connectivity index is 1.58. The fourth-order valence-electron chi connectivity index (χ4n) is 2.33. The minimum Gasteiger partial charge on any atom is -0.349 e. The Morgan fingerprint density at radius 1 is 1.39 bits per heavy atom. The van der Waals surface area contributed by atoms with Crippen molar-refractivity contribution >= 4 is 5.91 Å². The first kappa shape index (κ1) is 13.1. The number of unbranched alkanes of at least 4 members (excludes halogenated alkanes) is 1. The van der Waals surface area contributed by atoms with Crippen LogP contribution in [0.2, 0.25) is 0 Å². The van der Waals surface area contributed by atoms with Crippen molar-refractivity contribution in [2.45, 2.75) is 25.7 Å². The summed E-state index contributed by atoms with van der Waals surface area (Å²) >= 11 is 0. The number of hydrogen-bond acceptors (Lipinski definition) is 3. The molecule has 1 amide bonds. The summed E-state index contributed by atoms with van der Waals surface area (Å²) in [6.45, 7) is 4.40. The maximum Gasteiger partial charge on any atom is 0.287 e. The summed E-state index contributed by atoms with van der Waals surface area (Å²) in [6.07, 6.45) is 8.30. The number of hydrogen-bond donors (Lipinski definition) is 1. The second kappa shape index (κ2) is 6.54. The Morgan fingerprint density at radius 2 is 2.17 bits per heavy atom. The molecule has 0 atom stereocenters. The Labute approximate surface area is 108 Å². The van der Waals surface area contributed by atoms with E-state index in [1.54, 1.807) is 17.0 Å². The van der Waals surface area contributed by atoms with Gasteiger partial charge in [-0.25, -0.2) is 4.98 Å². The monoisotopic (exact) mass is 250 g/mol. The smallest absolute Gasteiger partial charge is 0.287 e. The molecule has 1 fully saturated rings. The van der Waals surface area contributed by atoms with E-state index in [-0.39, 0.29) is 5.91 Å². The van der Waals surface area contributed by atoms with E-state index in [1.165, 1.54) is 25.9 Å². The molecule has 2 rings (SSSR count). The minimum absolute atomic E-state index is 0.0799. The summed E-state index contributed by atoms with van der Waals surface area (Å²) < 4.78 is 1.74. The van der Waals surface area contributed by atoms with E-state index >= 15 is 0 Å². The zero-order valence-electron chi connectivity index (χ0n) is 11.1. The van der Waals surface area contributed by atoms with Crippen molar-refractivity contribution in [2.24, 2.45) is 7.05 Å². The fraction of sp³-hybridized carbons (Fsp3) is 0.692. The largest absolute Gasteiger partial charge is 0.349 e. The molecule has 0 bridgehead atoms. The van der Waals surface area contributed by atoms with Crippen molar-refractivity contribution < 1.29 is 4.79 Å². The summed E-state index contributed by atoms with van der Waals surface area (Å²) in [4.78, 5) is 18.3. The molecule has 0 saturated carbocycles. The van der Waals surface area contributed by atoms with E-state index in [1.807, 2.05) is 7.05 Å². The number of aromatic nitrogens is 2. The first-order valence-corrected chi connectivity index (χ1v) is 6.75. The molecule has 0 spiro atoms. The van der Waals surface area contributed by atoms with Gasteiger partial charge in [-0.2, -0.15) is 0 Å². The first-order valence-electron chi connectivity index (χ1n) is 6.75. The van der Waals surface area contributed by atoms with Crippen LogP contribution in [0, 0.1) is 0 Å². The molecule has 1 aliphatic heterocycles. The van der Waals surface area contributed by atoms with Crippen LogP contribution < -0.4 is 5.32 Å². The third-order valence-corrected chi connectivity index (χ3v) is 3.41. The van der Waals surface area contributed by atoms with Crippen molar-refractivity contribution in [3.8, 4) is 0 Å². The Hall–Kier alpha value is -1.36. The zero-order chi connectivity index (χ0) is 12.8. The lowest BCUT2D eigenvalue weighted by molar-refractivity contribution is 0.0939. The highest BCUT2D eigenvalue weighted by molar-refractivity contribution is 5.90. The number of carbonyl (C=O) groups is 1. The number of aryl methyl sites for hydroxylation is 1. The van der Waals surface area contributed by atoms with Crippen molar-refractivity contribution in [1.82, 2.24) is 19.8 Å². The quantitative estimate of drug-likeness (QED) is 0.767. The van der Waals surface area contributed by atoms with Gasteiger partial charge in [0.1, 0.15) is 0 Å². The van der Waals surface area contributed by atoms with E-state index in [9.17, 15) is 4.79 Å². The molecule has 0 radical (unpaired) electrons. The number of amides is 1. The third kappa shape index (κ3) is 3.57. The number of carbonyl (C=O) groups excluding carboxylic acids is 1. The molecule has 0 unspecified atom stereocenters. The van der Waals surface area contributed by atoms with Gasteiger partial charge >= 0.3 is 0 Å². The number of imidazole rings is 1. The van der Waals surface area contributed by atoms with E-state index in [0.717, 1.165) is 25.9 Å². The van der Waals surface area contributed by atoms with Crippen LogP contribution in [-0.2, 0) is 7.05 Å². The molecule has 1 aliphatic rings. The lowest BCUT2D eigenvalue weighted by Gasteiger charge is -2.13. The highest BCUT2D eigenvalue weighted by Gasteiger charge is 2.11. The van der Waals surface area contributed by atoms with Crippen LogP contribution in [0.3, 0.4) is 0 Å². The molecule has 18 heavy (non-hydrogen) atoms. The number of nitrogens with zero attached hydrogens (tertiary/aromatic N) is 3. The molecule has 1 aromatic rings. The maximum atomic E-state index is 11.7. The van der Waals surface area contributed by atoms with Crippen LogP contribution >= 0.6 is 0 Å². The summed E-state index contributed by atoms with van der Waals surface area (Å²) in [5.41, 5.74) is 0. The summed E-state index contributed by atoms with van der Waals surface area (Å²) in [5.74, 6) is 0.401. The topological polar surface area (TPSA) is 50.2 Å². The van der Waals surface area contributed by atoms with Crippen molar-refractivity contribution in [1.29, 1.82) is 0 Å². The normalized spacial score (nSPS) is 16.1. The Bertz CT molecular complexity index is 382. The SMILES string of the molecule is Cn1ccnc1C(=O)NCCCCN1CCCC1. The minimum atomic E-state index is -0.0799. The average molecular weight is 250 g/mol. The highest BCUT2D eigenvalue weighted by Crippen LogP contribution is 2.07. The second-order valence-electron chi connectivity index (χ2n) is 4.87. The Kier molecular flexibility index (Phi) is 4.75. The van der Waals surface area contributed by atoms with Crippen LogP contribution in [0.4, 0.5) is 0 Å². The van der Waals surface area contributed by atoms with Gasteiger partial charge in [-0.05, 0) is 45.3 Å². The maximum absolute atomic E-state index is 11.7. The zero-order valence-corrected chi connectivity index (χ0v) is 11.1. The van der Waals surface area contributed by atoms with Gasteiger partial charge in [0.25, 0.3) is 5.91 Å². The molecular weight excluding hydrogens is 228 g/mol. The van der Waals surface area contributed by atoms with Crippen molar-refractivity contribution in [3.63, 3.8) is 0 Å². The molecule has 2 heterocycles.